The average Bonchev–Trinajstić information content (AvgIpc) is 3.46. The van der Waals surface area contributed by atoms with Crippen LogP contribution in [0.3, 0.4) is 0 Å². The maximum atomic E-state index is 4.42. The molecule has 0 N–H and O–H groups in total. The normalized spacial score (nSPS) is 11.0. The maximum Gasteiger partial charge on any atom is 0.170 e. The lowest BCUT2D eigenvalue weighted by molar-refractivity contribution is 0.768. The number of fused-ring (bicyclic) bond motifs is 2. The first-order valence-electron chi connectivity index (χ1n) is 8.49. The number of aromatic nitrogens is 8. The number of aryl methyl sites for hydroxylation is 1. The summed E-state index contributed by atoms with van der Waals surface area (Å²) in [5.41, 5.74) is 3.87. The Morgan fingerprint density at radius 3 is 2.07 bits per heavy atom. The Morgan fingerprint density at radius 1 is 0.828 bits per heavy atom. The summed E-state index contributed by atoms with van der Waals surface area (Å²) < 4.78 is 6.73. The van der Waals surface area contributed by atoms with Gasteiger partial charge in [0.2, 0.25) is 0 Å². The van der Waals surface area contributed by atoms with Crippen LogP contribution < -0.4 is 0 Å². The van der Waals surface area contributed by atoms with E-state index in [0.29, 0.717) is 0 Å². The van der Waals surface area contributed by atoms with Gasteiger partial charge in [0, 0.05) is 43.6 Å². The van der Waals surface area contributed by atoms with Crippen molar-refractivity contribution in [1.82, 2.24) is 38.5 Å². The third kappa shape index (κ3) is 3.89. The average molecular weight is 489 g/mol. The van der Waals surface area contributed by atoms with Gasteiger partial charge in [-0.25, -0.2) is 19.9 Å². The zero-order chi connectivity index (χ0) is 20.4. The first-order chi connectivity index (χ1) is 14.1. The molecule has 11 heteroatoms. The first-order valence-corrected chi connectivity index (χ1v) is 11.7. The van der Waals surface area contributed by atoms with Gasteiger partial charge < -0.3 is 0 Å². The summed E-state index contributed by atoms with van der Waals surface area (Å²) in [7, 11) is 1.90. The zero-order valence-corrected chi connectivity index (χ0v) is 19.1. The lowest BCUT2D eigenvalue weighted by Crippen LogP contribution is -1.91. The number of nitrogens with zero attached hydrogens (tertiary/aromatic N) is 8. The molecule has 5 heterocycles. The van der Waals surface area contributed by atoms with Gasteiger partial charge in [0.1, 0.15) is 14.7 Å². The van der Waals surface area contributed by atoms with E-state index in [1.807, 2.05) is 59.3 Å². The van der Waals surface area contributed by atoms with Crippen LogP contribution in [-0.4, -0.2) is 51.0 Å². The van der Waals surface area contributed by atoms with Crippen LogP contribution in [0.1, 0.15) is 0 Å². The highest BCUT2D eigenvalue weighted by Gasteiger charge is 2.10. The molecular formula is C18H17BrN8S2. The lowest BCUT2D eigenvalue weighted by atomic mass is 10.3. The van der Waals surface area contributed by atoms with Gasteiger partial charge in [-0.2, -0.15) is 5.10 Å². The summed E-state index contributed by atoms with van der Waals surface area (Å²) in [6, 6.07) is 0. The Morgan fingerprint density at radius 2 is 1.45 bits per heavy atom. The molecule has 8 nitrogen and oxygen atoms in total. The standard InChI is InChI=1S/C11H11N5S.C7H6BrN3S/c1-15-7-8(5-14-15)9-6-13-10-11(17-2)12-3-4-16(9)10;1-12-7-6-10-4-5(8)11(6)3-2-9-7/h3-7H,1-2H3;2-4H,1H3. The van der Waals surface area contributed by atoms with E-state index >= 15 is 0 Å². The molecule has 0 saturated carbocycles. The minimum Gasteiger partial charge on any atom is -0.296 e. The van der Waals surface area contributed by atoms with Gasteiger partial charge in [0.15, 0.2) is 11.3 Å². The highest BCUT2D eigenvalue weighted by atomic mass is 79.9. The van der Waals surface area contributed by atoms with Gasteiger partial charge in [-0.1, -0.05) is 0 Å². The van der Waals surface area contributed by atoms with E-state index in [1.54, 1.807) is 46.8 Å². The molecule has 0 aliphatic rings. The van der Waals surface area contributed by atoms with Gasteiger partial charge in [-0.3, -0.25) is 13.5 Å². The number of halogens is 1. The molecule has 29 heavy (non-hydrogen) atoms. The van der Waals surface area contributed by atoms with E-state index in [1.165, 1.54) is 0 Å². The Balaban J connectivity index is 0.000000150. The van der Waals surface area contributed by atoms with Crippen molar-refractivity contribution in [3.63, 3.8) is 0 Å². The third-order valence-electron chi connectivity index (χ3n) is 4.13. The van der Waals surface area contributed by atoms with E-state index in [2.05, 4.69) is 41.0 Å². The summed E-state index contributed by atoms with van der Waals surface area (Å²) in [6.07, 6.45) is 18.8. The van der Waals surface area contributed by atoms with Crippen molar-refractivity contribution < 1.29 is 0 Å². The largest absolute Gasteiger partial charge is 0.296 e. The zero-order valence-electron chi connectivity index (χ0n) is 15.9. The van der Waals surface area contributed by atoms with Gasteiger partial charge in [0.05, 0.1) is 24.3 Å². The van der Waals surface area contributed by atoms with Gasteiger partial charge in [0.25, 0.3) is 0 Å². The molecule has 0 amide bonds. The molecule has 0 bridgehead atoms. The SMILES string of the molecule is CSc1nccn2c(-c3cnn(C)c3)cnc12.CSc1nccn2c(Br)cnc12. The molecule has 5 aromatic rings. The molecule has 0 spiro atoms. The molecule has 0 fully saturated rings. The van der Waals surface area contributed by atoms with Crippen LogP contribution in [-0.2, 0) is 7.05 Å². The predicted octanol–water partition coefficient (Wildman–Crippen LogP) is 4.07. The number of hydrogen-bond acceptors (Lipinski definition) is 7. The molecule has 0 radical (unpaired) electrons. The molecule has 5 rings (SSSR count). The van der Waals surface area contributed by atoms with Crippen LogP contribution in [0.2, 0.25) is 0 Å². The molecular weight excluding hydrogens is 472 g/mol. The molecule has 0 unspecified atom stereocenters. The fourth-order valence-corrected chi connectivity index (χ4v) is 4.20. The van der Waals surface area contributed by atoms with E-state index in [0.717, 1.165) is 37.2 Å². The van der Waals surface area contributed by atoms with Crippen LogP contribution in [0.5, 0.6) is 0 Å². The second-order valence-electron chi connectivity index (χ2n) is 5.89. The van der Waals surface area contributed by atoms with E-state index in [9.17, 15) is 0 Å². The minimum atomic E-state index is 0.888. The summed E-state index contributed by atoms with van der Waals surface area (Å²) in [5, 5.41) is 6.06. The smallest absolute Gasteiger partial charge is 0.170 e. The highest BCUT2D eigenvalue weighted by molar-refractivity contribution is 9.10. The Labute approximate surface area is 183 Å². The molecule has 0 saturated heterocycles. The molecule has 0 atom stereocenters. The maximum absolute atomic E-state index is 4.42. The van der Waals surface area contributed by atoms with Gasteiger partial charge in [-0.15, -0.1) is 23.5 Å². The number of thioether (sulfide) groups is 2. The van der Waals surface area contributed by atoms with Crippen molar-refractivity contribution in [3.05, 3.63) is 54.2 Å². The van der Waals surface area contributed by atoms with Crippen molar-refractivity contribution >= 4 is 50.7 Å². The van der Waals surface area contributed by atoms with Crippen LogP contribution in [0.15, 0.2) is 64.2 Å². The Bertz CT molecular complexity index is 1280. The van der Waals surface area contributed by atoms with E-state index < -0.39 is 0 Å². The number of rotatable bonds is 3. The van der Waals surface area contributed by atoms with Crippen molar-refractivity contribution in [2.75, 3.05) is 12.5 Å². The number of imidazole rings is 2. The highest BCUT2D eigenvalue weighted by Crippen LogP contribution is 2.24. The fraction of sp³-hybridized carbons (Fsp3) is 0.167. The molecule has 0 aromatic carbocycles. The predicted molar refractivity (Wildman–Crippen MR) is 119 cm³/mol. The summed E-state index contributed by atoms with van der Waals surface area (Å²) >= 11 is 6.59. The quantitative estimate of drug-likeness (QED) is 0.354. The second kappa shape index (κ2) is 8.56. The molecule has 148 valence electrons. The van der Waals surface area contributed by atoms with Gasteiger partial charge in [-0.05, 0) is 28.4 Å². The van der Waals surface area contributed by atoms with Crippen molar-refractivity contribution in [2.24, 2.45) is 7.05 Å². The Kier molecular flexibility index (Phi) is 5.88. The van der Waals surface area contributed by atoms with Crippen LogP contribution >= 0.6 is 39.5 Å². The minimum absolute atomic E-state index is 0.888. The van der Waals surface area contributed by atoms with Crippen LogP contribution in [0.25, 0.3) is 22.6 Å². The van der Waals surface area contributed by atoms with E-state index in [4.69, 9.17) is 0 Å². The molecule has 0 aliphatic carbocycles. The van der Waals surface area contributed by atoms with Crippen molar-refractivity contribution in [2.45, 2.75) is 10.1 Å². The van der Waals surface area contributed by atoms with Crippen LogP contribution in [0.4, 0.5) is 0 Å². The van der Waals surface area contributed by atoms with Crippen molar-refractivity contribution in [3.8, 4) is 11.3 Å². The summed E-state index contributed by atoms with van der Waals surface area (Å²) in [4.78, 5) is 17.1. The third-order valence-corrected chi connectivity index (χ3v) is 6.07. The Hall–Kier alpha value is -2.37. The van der Waals surface area contributed by atoms with Crippen LogP contribution in [0, 0.1) is 0 Å². The molecule has 0 aliphatic heterocycles. The summed E-state index contributed by atoms with van der Waals surface area (Å²) in [6.45, 7) is 0. The van der Waals surface area contributed by atoms with E-state index in [-0.39, 0.29) is 0 Å². The lowest BCUT2D eigenvalue weighted by Gasteiger charge is -2.00. The first kappa shape index (κ1) is 19.9. The van der Waals surface area contributed by atoms with Crippen molar-refractivity contribution in [1.29, 1.82) is 0 Å². The topological polar surface area (TPSA) is 78.2 Å². The molecule has 5 aromatic heterocycles. The second-order valence-corrected chi connectivity index (χ2v) is 8.29. The van der Waals surface area contributed by atoms with Gasteiger partial charge >= 0.3 is 0 Å². The summed E-state index contributed by atoms with van der Waals surface area (Å²) in [5.74, 6) is 0. The fourth-order valence-electron chi connectivity index (χ4n) is 2.82. The monoisotopic (exact) mass is 488 g/mol. The number of hydrogen-bond donors (Lipinski definition) is 0.